The van der Waals surface area contributed by atoms with Gasteiger partial charge < -0.3 is 24.3 Å². The number of amides is 1. The van der Waals surface area contributed by atoms with Crippen molar-refractivity contribution in [3.63, 3.8) is 0 Å². The summed E-state index contributed by atoms with van der Waals surface area (Å²) >= 11 is 0. The molecule has 2 aromatic rings. The number of carbonyl (C=O) groups is 1. The Balaban J connectivity index is 2.24. The molecule has 8 nitrogen and oxygen atoms in total. The maximum atomic E-state index is 12.5. The molecule has 0 aliphatic carbocycles. The summed E-state index contributed by atoms with van der Waals surface area (Å²) < 4.78 is 20.8. The van der Waals surface area contributed by atoms with Crippen LogP contribution in [0, 0.1) is 22.7 Å². The van der Waals surface area contributed by atoms with Crippen molar-refractivity contribution in [2.45, 2.75) is 0 Å². The molecule has 0 aromatic heterocycles. The van der Waals surface area contributed by atoms with E-state index in [1.165, 1.54) is 27.4 Å². The van der Waals surface area contributed by atoms with Gasteiger partial charge in [0.25, 0.3) is 5.91 Å². The lowest BCUT2D eigenvalue weighted by molar-refractivity contribution is -0.112. The number of carbonyl (C=O) groups excluding carboxylic acids is 1. The number of nitrogens with zero attached hydrogens (tertiary/aromatic N) is 2. The Morgan fingerprint density at radius 3 is 2.24 bits per heavy atom. The predicted molar refractivity (Wildman–Crippen MR) is 106 cm³/mol. The minimum absolute atomic E-state index is 0.104. The second-order valence-corrected chi connectivity index (χ2v) is 5.55. The van der Waals surface area contributed by atoms with Crippen LogP contribution in [0.2, 0.25) is 0 Å². The largest absolute Gasteiger partial charge is 0.493 e. The summed E-state index contributed by atoms with van der Waals surface area (Å²) in [6.45, 7) is -0.122. The zero-order valence-electron chi connectivity index (χ0n) is 16.2. The highest BCUT2D eigenvalue weighted by Gasteiger charge is 2.13. The highest BCUT2D eigenvalue weighted by atomic mass is 16.5. The van der Waals surface area contributed by atoms with Gasteiger partial charge in [-0.3, -0.25) is 4.79 Å². The van der Waals surface area contributed by atoms with E-state index >= 15 is 0 Å². The standard InChI is InChI=1S/C21H19N3O5/c1-26-17-7-5-16(12-20(17)28-3)24-21(25)15(13-23)10-14-4-6-18(29-9-8-22)19(11-14)27-2/h4-7,10-12H,9H2,1-3H3,(H,24,25)/b15-10+. The van der Waals surface area contributed by atoms with Crippen LogP contribution in [0.5, 0.6) is 23.0 Å². The van der Waals surface area contributed by atoms with Gasteiger partial charge in [0.05, 0.1) is 21.3 Å². The van der Waals surface area contributed by atoms with Gasteiger partial charge >= 0.3 is 0 Å². The first-order valence-electron chi connectivity index (χ1n) is 8.39. The third kappa shape index (κ3) is 5.41. The first-order valence-corrected chi connectivity index (χ1v) is 8.39. The van der Waals surface area contributed by atoms with Gasteiger partial charge in [0.2, 0.25) is 0 Å². The smallest absolute Gasteiger partial charge is 0.266 e. The summed E-state index contributed by atoms with van der Waals surface area (Å²) in [5.74, 6) is 1.16. The van der Waals surface area contributed by atoms with E-state index in [2.05, 4.69) is 5.32 Å². The van der Waals surface area contributed by atoms with Crippen molar-refractivity contribution in [1.29, 1.82) is 10.5 Å². The first kappa shape index (κ1) is 21.1. The Morgan fingerprint density at radius 1 is 0.966 bits per heavy atom. The summed E-state index contributed by atoms with van der Waals surface area (Å²) in [5.41, 5.74) is 0.907. The topological polar surface area (TPSA) is 114 Å². The van der Waals surface area contributed by atoms with Gasteiger partial charge in [0.15, 0.2) is 29.6 Å². The number of hydrogen-bond donors (Lipinski definition) is 1. The third-order valence-corrected chi connectivity index (χ3v) is 3.80. The van der Waals surface area contributed by atoms with Gasteiger partial charge in [-0.2, -0.15) is 10.5 Å². The van der Waals surface area contributed by atoms with E-state index in [9.17, 15) is 10.1 Å². The Hall–Kier alpha value is -4.17. The normalized spacial score (nSPS) is 10.3. The quantitative estimate of drug-likeness (QED) is 0.541. The Morgan fingerprint density at radius 2 is 1.62 bits per heavy atom. The lowest BCUT2D eigenvalue weighted by Crippen LogP contribution is -2.13. The maximum Gasteiger partial charge on any atom is 0.266 e. The highest BCUT2D eigenvalue weighted by molar-refractivity contribution is 6.09. The van der Waals surface area contributed by atoms with Gasteiger partial charge in [-0.25, -0.2) is 0 Å². The molecule has 0 heterocycles. The first-order chi connectivity index (χ1) is 14.1. The minimum Gasteiger partial charge on any atom is -0.493 e. The zero-order valence-corrected chi connectivity index (χ0v) is 16.2. The van der Waals surface area contributed by atoms with Gasteiger partial charge in [0.1, 0.15) is 17.7 Å². The molecule has 0 atom stereocenters. The van der Waals surface area contributed by atoms with E-state index in [1.54, 1.807) is 36.4 Å². The SMILES string of the molecule is COc1ccc(NC(=O)/C(C#N)=C/c2ccc(OCC#N)c(OC)c2)cc1OC. The Labute approximate surface area is 168 Å². The zero-order chi connectivity index (χ0) is 21.2. The fourth-order valence-corrected chi connectivity index (χ4v) is 2.43. The number of methoxy groups -OCH3 is 3. The number of benzene rings is 2. The molecule has 1 N–H and O–H groups in total. The molecule has 0 aliphatic rings. The lowest BCUT2D eigenvalue weighted by atomic mass is 10.1. The average molecular weight is 393 g/mol. The number of anilines is 1. The summed E-state index contributed by atoms with van der Waals surface area (Å²) in [6.07, 6.45) is 1.42. The molecule has 0 aliphatic heterocycles. The minimum atomic E-state index is -0.580. The predicted octanol–water partition coefficient (Wildman–Crippen LogP) is 3.16. The van der Waals surface area contributed by atoms with Crippen LogP contribution in [0.15, 0.2) is 42.0 Å². The molecular weight excluding hydrogens is 374 g/mol. The van der Waals surface area contributed by atoms with Gasteiger partial charge in [0, 0.05) is 11.8 Å². The maximum absolute atomic E-state index is 12.5. The Kier molecular flexibility index (Phi) is 7.46. The molecule has 0 saturated heterocycles. The number of nitriles is 2. The molecule has 8 heteroatoms. The van der Waals surface area contributed by atoms with Crippen LogP contribution in [-0.4, -0.2) is 33.8 Å². The van der Waals surface area contributed by atoms with Crippen LogP contribution in [-0.2, 0) is 4.79 Å². The number of nitrogens with one attached hydrogen (secondary N) is 1. The molecule has 1 amide bonds. The third-order valence-electron chi connectivity index (χ3n) is 3.80. The summed E-state index contributed by atoms with van der Waals surface area (Å²) in [6, 6.07) is 13.5. The lowest BCUT2D eigenvalue weighted by Gasteiger charge is -2.11. The van der Waals surface area contributed by atoms with Gasteiger partial charge in [-0.1, -0.05) is 6.07 Å². The molecule has 29 heavy (non-hydrogen) atoms. The molecule has 2 aromatic carbocycles. The second-order valence-electron chi connectivity index (χ2n) is 5.55. The second kappa shape index (κ2) is 10.2. The van der Waals surface area contributed by atoms with Crippen molar-refractivity contribution in [2.24, 2.45) is 0 Å². The van der Waals surface area contributed by atoms with Gasteiger partial charge in [-0.15, -0.1) is 0 Å². The number of rotatable bonds is 8. The molecule has 148 valence electrons. The van der Waals surface area contributed by atoms with Crippen molar-refractivity contribution in [2.75, 3.05) is 33.3 Å². The van der Waals surface area contributed by atoms with Crippen molar-refractivity contribution >= 4 is 17.7 Å². The van der Waals surface area contributed by atoms with E-state index in [0.29, 0.717) is 34.2 Å². The number of hydrogen-bond acceptors (Lipinski definition) is 7. The van der Waals surface area contributed by atoms with Crippen molar-refractivity contribution in [3.05, 3.63) is 47.5 Å². The molecule has 0 radical (unpaired) electrons. The number of ether oxygens (including phenoxy) is 4. The fraction of sp³-hybridized carbons (Fsp3) is 0.190. The van der Waals surface area contributed by atoms with Crippen LogP contribution in [0.25, 0.3) is 6.08 Å². The average Bonchev–Trinajstić information content (AvgIpc) is 2.75. The molecular formula is C21H19N3O5. The van der Waals surface area contributed by atoms with Gasteiger partial charge in [-0.05, 0) is 35.9 Å². The van der Waals surface area contributed by atoms with Crippen LogP contribution in [0.3, 0.4) is 0 Å². The van der Waals surface area contributed by atoms with Crippen LogP contribution in [0.1, 0.15) is 5.56 Å². The van der Waals surface area contributed by atoms with E-state index in [-0.39, 0.29) is 12.2 Å². The van der Waals surface area contributed by atoms with E-state index in [1.807, 2.05) is 12.1 Å². The summed E-state index contributed by atoms with van der Waals surface area (Å²) in [5, 5.41) is 20.7. The fourth-order valence-electron chi connectivity index (χ4n) is 2.43. The van der Waals surface area contributed by atoms with Crippen molar-refractivity contribution < 1.29 is 23.7 Å². The van der Waals surface area contributed by atoms with Crippen LogP contribution < -0.4 is 24.3 Å². The molecule has 0 fully saturated rings. The monoisotopic (exact) mass is 393 g/mol. The molecule has 2 rings (SSSR count). The van der Waals surface area contributed by atoms with Crippen molar-refractivity contribution in [1.82, 2.24) is 0 Å². The highest BCUT2D eigenvalue weighted by Crippen LogP contribution is 2.31. The van der Waals surface area contributed by atoms with Crippen LogP contribution >= 0.6 is 0 Å². The molecule has 0 bridgehead atoms. The summed E-state index contributed by atoms with van der Waals surface area (Å²) in [4.78, 5) is 12.5. The molecule has 0 unspecified atom stereocenters. The molecule has 0 spiro atoms. The van der Waals surface area contributed by atoms with Crippen molar-refractivity contribution in [3.8, 4) is 35.1 Å². The van der Waals surface area contributed by atoms with E-state index in [4.69, 9.17) is 24.2 Å². The summed E-state index contributed by atoms with van der Waals surface area (Å²) in [7, 11) is 4.45. The van der Waals surface area contributed by atoms with E-state index in [0.717, 1.165) is 0 Å². The van der Waals surface area contributed by atoms with Crippen LogP contribution in [0.4, 0.5) is 5.69 Å². The Bertz CT molecular complexity index is 1000. The molecule has 0 saturated carbocycles. The van der Waals surface area contributed by atoms with E-state index < -0.39 is 5.91 Å².